The van der Waals surface area contributed by atoms with Gasteiger partial charge in [0.05, 0.1) is 16.8 Å². The maximum atomic E-state index is 12.7. The van der Waals surface area contributed by atoms with E-state index in [9.17, 15) is 4.79 Å². The van der Waals surface area contributed by atoms with Gasteiger partial charge in [0.2, 0.25) is 11.8 Å². The van der Waals surface area contributed by atoms with Crippen molar-refractivity contribution in [3.05, 3.63) is 46.2 Å². The Morgan fingerprint density at radius 3 is 3.04 bits per heavy atom. The summed E-state index contributed by atoms with van der Waals surface area (Å²) in [6, 6.07) is 7.53. The zero-order valence-electron chi connectivity index (χ0n) is 15.3. The van der Waals surface area contributed by atoms with E-state index in [0.717, 1.165) is 28.7 Å². The number of hydrogen-bond donors (Lipinski definition) is 1. The fraction of sp³-hybridized carbons (Fsp3) is 0.368. The molecule has 0 spiro atoms. The van der Waals surface area contributed by atoms with Gasteiger partial charge in [-0.2, -0.15) is 0 Å². The molecule has 4 rings (SSSR count). The molecule has 2 atom stereocenters. The third kappa shape index (κ3) is 4.31. The van der Waals surface area contributed by atoms with Crippen LogP contribution >= 0.6 is 27.3 Å². The summed E-state index contributed by atoms with van der Waals surface area (Å²) >= 11 is 4.92. The number of carbonyl (C=O) groups excluding carboxylic acids is 1. The van der Waals surface area contributed by atoms with Gasteiger partial charge in [0.1, 0.15) is 5.82 Å². The first-order valence-corrected chi connectivity index (χ1v) is 10.8. The van der Waals surface area contributed by atoms with Crippen LogP contribution in [0.3, 0.4) is 0 Å². The summed E-state index contributed by atoms with van der Waals surface area (Å²) in [5, 5.41) is 13.3. The molecule has 28 heavy (non-hydrogen) atoms. The number of piperidine rings is 1. The molecule has 7 nitrogen and oxygen atoms in total. The predicted molar refractivity (Wildman–Crippen MR) is 111 cm³/mol. The quantitative estimate of drug-likeness (QED) is 0.607. The Labute approximate surface area is 175 Å². The largest absolute Gasteiger partial charge is 0.418 e. The normalized spacial score (nSPS) is 18.7. The van der Waals surface area contributed by atoms with E-state index >= 15 is 0 Å². The number of amides is 1. The Kier molecular flexibility index (Phi) is 5.84. The standard InChI is InChI=1S/C19H20BrN5O2S/c1-12(18-23-24-19(27-18)15-5-3-9-28-15)25-8-2-4-13(11-25)17(26)22-16-7-6-14(20)10-21-16/h3,5-7,9-10,12-13H,2,4,8,11H2,1H3,(H,21,22,26). The Balaban J connectivity index is 1.40. The molecule has 146 valence electrons. The Hall–Kier alpha value is -2.10. The Morgan fingerprint density at radius 1 is 1.39 bits per heavy atom. The molecule has 1 aliphatic rings. The summed E-state index contributed by atoms with van der Waals surface area (Å²) in [4.78, 5) is 20.1. The van der Waals surface area contributed by atoms with E-state index in [-0.39, 0.29) is 17.9 Å². The van der Waals surface area contributed by atoms with Gasteiger partial charge in [0.25, 0.3) is 5.89 Å². The van der Waals surface area contributed by atoms with Crippen molar-refractivity contribution in [1.29, 1.82) is 0 Å². The molecule has 1 N–H and O–H groups in total. The fourth-order valence-corrected chi connectivity index (χ4v) is 4.19. The summed E-state index contributed by atoms with van der Waals surface area (Å²) in [6.07, 6.45) is 3.48. The maximum Gasteiger partial charge on any atom is 0.257 e. The minimum Gasteiger partial charge on any atom is -0.418 e. The molecule has 0 saturated carbocycles. The molecule has 1 amide bonds. The molecule has 0 radical (unpaired) electrons. The third-order valence-corrected chi connectivity index (χ3v) is 6.21. The molecular weight excluding hydrogens is 442 g/mol. The molecule has 2 unspecified atom stereocenters. The van der Waals surface area contributed by atoms with Crippen LogP contribution in [-0.2, 0) is 4.79 Å². The highest BCUT2D eigenvalue weighted by Gasteiger charge is 2.31. The van der Waals surface area contributed by atoms with Crippen molar-refractivity contribution in [3.8, 4) is 10.8 Å². The first-order chi connectivity index (χ1) is 13.6. The monoisotopic (exact) mass is 461 g/mol. The molecule has 3 aromatic heterocycles. The highest BCUT2D eigenvalue weighted by Crippen LogP contribution is 2.29. The first kappa shape index (κ1) is 19.2. The van der Waals surface area contributed by atoms with Crippen LogP contribution in [0.1, 0.15) is 31.7 Å². The van der Waals surface area contributed by atoms with Gasteiger partial charge in [-0.05, 0) is 65.8 Å². The number of nitrogens with one attached hydrogen (secondary N) is 1. The summed E-state index contributed by atoms with van der Waals surface area (Å²) in [7, 11) is 0. The van der Waals surface area contributed by atoms with Crippen molar-refractivity contribution < 1.29 is 9.21 Å². The van der Waals surface area contributed by atoms with Crippen LogP contribution < -0.4 is 5.32 Å². The van der Waals surface area contributed by atoms with Gasteiger partial charge in [-0.25, -0.2) is 4.98 Å². The second-order valence-electron chi connectivity index (χ2n) is 6.78. The van der Waals surface area contributed by atoms with Crippen LogP contribution in [0.2, 0.25) is 0 Å². The number of anilines is 1. The number of aromatic nitrogens is 3. The topological polar surface area (TPSA) is 84.2 Å². The van der Waals surface area contributed by atoms with Gasteiger partial charge in [-0.1, -0.05) is 6.07 Å². The van der Waals surface area contributed by atoms with E-state index in [2.05, 4.69) is 41.3 Å². The van der Waals surface area contributed by atoms with Crippen LogP contribution in [0.25, 0.3) is 10.8 Å². The van der Waals surface area contributed by atoms with Crippen LogP contribution in [0.15, 0.2) is 44.7 Å². The van der Waals surface area contributed by atoms with Gasteiger partial charge in [-0.15, -0.1) is 21.5 Å². The zero-order valence-corrected chi connectivity index (χ0v) is 17.7. The maximum absolute atomic E-state index is 12.7. The molecule has 0 aliphatic carbocycles. The van der Waals surface area contributed by atoms with E-state index in [1.54, 1.807) is 23.6 Å². The van der Waals surface area contributed by atoms with Crippen molar-refractivity contribution in [2.75, 3.05) is 18.4 Å². The molecule has 0 aromatic carbocycles. The minimum absolute atomic E-state index is 0.00322. The van der Waals surface area contributed by atoms with Gasteiger partial charge in [-0.3, -0.25) is 9.69 Å². The number of halogens is 1. The van der Waals surface area contributed by atoms with Crippen LogP contribution in [0.4, 0.5) is 5.82 Å². The molecule has 9 heteroatoms. The predicted octanol–water partition coefficient (Wildman–Crippen LogP) is 4.37. The molecule has 0 bridgehead atoms. The van der Waals surface area contributed by atoms with E-state index in [0.29, 0.717) is 24.1 Å². The van der Waals surface area contributed by atoms with Crippen LogP contribution in [-0.4, -0.2) is 39.1 Å². The van der Waals surface area contributed by atoms with Crippen LogP contribution in [0, 0.1) is 5.92 Å². The SMILES string of the molecule is CC(c1nnc(-c2cccs2)o1)N1CCCC(C(=O)Nc2ccc(Br)cn2)C1. The lowest BCUT2D eigenvalue weighted by Crippen LogP contribution is -2.42. The first-order valence-electron chi connectivity index (χ1n) is 9.14. The van der Waals surface area contributed by atoms with E-state index < -0.39 is 0 Å². The number of likely N-dealkylation sites (tertiary alicyclic amines) is 1. The smallest absolute Gasteiger partial charge is 0.257 e. The molecular formula is C19H20BrN5O2S. The van der Waals surface area contributed by atoms with Crippen molar-refractivity contribution in [1.82, 2.24) is 20.1 Å². The molecule has 3 aromatic rings. The highest BCUT2D eigenvalue weighted by molar-refractivity contribution is 9.10. The third-order valence-electron chi connectivity index (χ3n) is 4.88. The minimum atomic E-state index is -0.0960. The average Bonchev–Trinajstić information content (AvgIpc) is 3.41. The average molecular weight is 462 g/mol. The lowest BCUT2D eigenvalue weighted by Gasteiger charge is -2.34. The van der Waals surface area contributed by atoms with Gasteiger partial charge in [0.15, 0.2) is 0 Å². The summed E-state index contributed by atoms with van der Waals surface area (Å²) in [5.74, 6) is 1.59. The lowest BCUT2D eigenvalue weighted by atomic mass is 9.96. The Morgan fingerprint density at radius 2 is 2.29 bits per heavy atom. The molecule has 1 fully saturated rings. The van der Waals surface area contributed by atoms with Crippen molar-refractivity contribution in [3.63, 3.8) is 0 Å². The van der Waals surface area contributed by atoms with Gasteiger partial charge in [0, 0.05) is 17.2 Å². The number of thiophene rings is 1. The Bertz CT molecular complexity index is 928. The second kappa shape index (κ2) is 8.50. The van der Waals surface area contributed by atoms with E-state index in [1.165, 1.54) is 0 Å². The van der Waals surface area contributed by atoms with E-state index in [4.69, 9.17) is 4.42 Å². The second-order valence-corrected chi connectivity index (χ2v) is 8.65. The number of rotatable bonds is 5. The lowest BCUT2D eigenvalue weighted by molar-refractivity contribution is -0.121. The van der Waals surface area contributed by atoms with Crippen molar-refractivity contribution in [2.24, 2.45) is 5.92 Å². The number of carbonyl (C=O) groups is 1. The summed E-state index contributed by atoms with van der Waals surface area (Å²) < 4.78 is 6.76. The summed E-state index contributed by atoms with van der Waals surface area (Å²) in [6.45, 7) is 3.60. The number of hydrogen-bond acceptors (Lipinski definition) is 7. The van der Waals surface area contributed by atoms with Gasteiger partial charge >= 0.3 is 0 Å². The zero-order chi connectivity index (χ0) is 19.5. The molecule has 1 aliphatic heterocycles. The van der Waals surface area contributed by atoms with Crippen molar-refractivity contribution >= 4 is 39.0 Å². The fourth-order valence-electron chi connectivity index (χ4n) is 3.31. The molecule has 1 saturated heterocycles. The van der Waals surface area contributed by atoms with Gasteiger partial charge < -0.3 is 9.73 Å². The van der Waals surface area contributed by atoms with E-state index in [1.807, 2.05) is 30.5 Å². The number of pyridine rings is 1. The highest BCUT2D eigenvalue weighted by atomic mass is 79.9. The molecule has 4 heterocycles. The van der Waals surface area contributed by atoms with Crippen LogP contribution in [0.5, 0.6) is 0 Å². The summed E-state index contributed by atoms with van der Waals surface area (Å²) in [5.41, 5.74) is 0. The number of nitrogens with zero attached hydrogens (tertiary/aromatic N) is 4. The van der Waals surface area contributed by atoms with Crippen molar-refractivity contribution in [2.45, 2.75) is 25.8 Å².